The molecule has 2 aromatic carbocycles. The fourth-order valence-corrected chi connectivity index (χ4v) is 6.44. The van der Waals surface area contributed by atoms with Gasteiger partial charge in [-0.2, -0.15) is 13.2 Å². The summed E-state index contributed by atoms with van der Waals surface area (Å²) in [5.41, 5.74) is 0.00443. The van der Waals surface area contributed by atoms with E-state index in [0.717, 1.165) is 56.0 Å². The third-order valence-electron chi connectivity index (χ3n) is 8.96. The lowest BCUT2D eigenvalue weighted by molar-refractivity contribution is -0.138. The molecule has 0 saturated heterocycles. The van der Waals surface area contributed by atoms with Crippen LogP contribution in [0.3, 0.4) is 0 Å². The number of carbonyl (C=O) groups excluding carboxylic acids is 1. The number of anilines is 1. The summed E-state index contributed by atoms with van der Waals surface area (Å²) in [6, 6.07) is 8.98. The zero-order chi connectivity index (χ0) is 27.6. The smallest absolute Gasteiger partial charge is 0.320 e. The maximum Gasteiger partial charge on any atom is 0.416 e. The molecule has 1 aromatic heterocycles. The summed E-state index contributed by atoms with van der Waals surface area (Å²) in [4.78, 5) is 15.0. The van der Waals surface area contributed by atoms with Crippen LogP contribution in [0.4, 0.5) is 23.2 Å². The van der Waals surface area contributed by atoms with Gasteiger partial charge in [0.2, 0.25) is 0 Å². The van der Waals surface area contributed by atoms with Gasteiger partial charge in [-0.15, -0.1) is 10.2 Å². The average Bonchev–Trinajstić information content (AvgIpc) is 3.43. The molecule has 0 spiro atoms. The zero-order valence-corrected chi connectivity index (χ0v) is 22.0. The number of amides is 1. The number of hydrogen-bond donors (Lipinski definition) is 1. The van der Waals surface area contributed by atoms with Crippen molar-refractivity contribution in [3.05, 3.63) is 76.4 Å². The van der Waals surface area contributed by atoms with Crippen molar-refractivity contribution in [2.24, 2.45) is 7.05 Å². The third-order valence-corrected chi connectivity index (χ3v) is 8.96. The van der Waals surface area contributed by atoms with Crippen LogP contribution in [-0.2, 0) is 25.2 Å². The van der Waals surface area contributed by atoms with E-state index in [1.54, 1.807) is 12.4 Å². The molecule has 2 aliphatic carbocycles. The molecule has 0 bridgehead atoms. The highest BCUT2D eigenvalue weighted by atomic mass is 19.4. The predicted octanol–water partition coefficient (Wildman–Crippen LogP) is 6.01. The maximum atomic E-state index is 14.3. The first-order valence-electron chi connectivity index (χ1n) is 13.4. The second kappa shape index (κ2) is 9.15. The largest absolute Gasteiger partial charge is 0.416 e. The van der Waals surface area contributed by atoms with Crippen LogP contribution in [0.2, 0.25) is 0 Å². The Morgan fingerprint density at radius 2 is 1.85 bits per heavy atom. The standard InChI is InChI=1S/C29H31F4N5O/c1-27(8-4-9-27)35-24(15-30)18-12-21-22(23(13-18)29(31,32)33)16-38(25(21)39)20-7-3-6-19(14-20)28(10-5-11-28)26-36-34-17-37(26)2/h3,6-7,12-14,17,24,35H,4-5,8-11,15-16H2,1-2H3. The maximum absolute atomic E-state index is 14.3. The number of halogens is 4. The van der Waals surface area contributed by atoms with Crippen LogP contribution in [0, 0.1) is 0 Å². The lowest BCUT2D eigenvalue weighted by Crippen LogP contribution is -2.50. The van der Waals surface area contributed by atoms with E-state index in [1.807, 2.05) is 36.7 Å². The monoisotopic (exact) mass is 541 g/mol. The van der Waals surface area contributed by atoms with Gasteiger partial charge in [-0.25, -0.2) is 4.39 Å². The van der Waals surface area contributed by atoms with Crippen LogP contribution in [0.5, 0.6) is 0 Å². The highest BCUT2D eigenvalue weighted by molar-refractivity contribution is 6.10. The van der Waals surface area contributed by atoms with Gasteiger partial charge in [-0.05, 0) is 80.0 Å². The summed E-state index contributed by atoms with van der Waals surface area (Å²) in [6.07, 6.45) is 2.39. The Morgan fingerprint density at radius 3 is 2.41 bits per heavy atom. The van der Waals surface area contributed by atoms with Crippen molar-refractivity contribution in [1.82, 2.24) is 20.1 Å². The second-order valence-corrected chi connectivity index (χ2v) is 11.5. The summed E-state index contributed by atoms with van der Waals surface area (Å²) in [5, 5.41) is 11.6. The molecular formula is C29H31F4N5O. The Morgan fingerprint density at radius 1 is 1.10 bits per heavy atom. The van der Waals surface area contributed by atoms with Gasteiger partial charge in [0.15, 0.2) is 0 Å². The zero-order valence-electron chi connectivity index (χ0n) is 22.0. The Bertz CT molecular complexity index is 1420. The molecular weight excluding hydrogens is 510 g/mol. The minimum atomic E-state index is -4.68. The Hall–Kier alpha value is -3.27. The van der Waals surface area contributed by atoms with Gasteiger partial charge in [0.05, 0.1) is 23.6 Å². The molecule has 0 radical (unpaired) electrons. The molecule has 3 aromatic rings. The number of hydrogen-bond acceptors (Lipinski definition) is 4. The van der Waals surface area contributed by atoms with E-state index in [9.17, 15) is 22.4 Å². The molecule has 10 heteroatoms. The van der Waals surface area contributed by atoms with E-state index in [1.165, 1.54) is 11.0 Å². The van der Waals surface area contributed by atoms with Crippen molar-refractivity contribution in [1.29, 1.82) is 0 Å². The summed E-state index contributed by atoms with van der Waals surface area (Å²) in [5.74, 6) is 0.319. The molecule has 2 saturated carbocycles. The van der Waals surface area contributed by atoms with Crippen LogP contribution >= 0.6 is 0 Å². The minimum Gasteiger partial charge on any atom is -0.320 e. The van der Waals surface area contributed by atoms with E-state index in [0.29, 0.717) is 5.69 Å². The minimum absolute atomic E-state index is 0.0177. The van der Waals surface area contributed by atoms with Gasteiger partial charge in [-0.1, -0.05) is 18.6 Å². The molecule has 2 fully saturated rings. The highest BCUT2D eigenvalue weighted by Gasteiger charge is 2.45. The van der Waals surface area contributed by atoms with E-state index in [4.69, 9.17) is 0 Å². The highest BCUT2D eigenvalue weighted by Crippen LogP contribution is 2.49. The Kier molecular flexibility index (Phi) is 6.09. The van der Waals surface area contributed by atoms with Crippen molar-refractivity contribution in [3.8, 4) is 0 Å². The number of alkyl halides is 4. The van der Waals surface area contributed by atoms with Crippen molar-refractivity contribution >= 4 is 11.6 Å². The Balaban J connectivity index is 1.37. The van der Waals surface area contributed by atoms with Gasteiger partial charge in [-0.3, -0.25) is 4.79 Å². The molecule has 206 valence electrons. The fraction of sp³-hybridized carbons (Fsp3) is 0.483. The van der Waals surface area contributed by atoms with Crippen molar-refractivity contribution < 1.29 is 22.4 Å². The van der Waals surface area contributed by atoms with E-state index in [-0.39, 0.29) is 34.2 Å². The third kappa shape index (κ3) is 4.23. The molecule has 6 nitrogen and oxygen atoms in total. The molecule has 2 heterocycles. The van der Waals surface area contributed by atoms with Crippen LogP contribution in [-0.4, -0.2) is 32.9 Å². The molecule has 1 atom stereocenters. The fourth-order valence-electron chi connectivity index (χ4n) is 6.44. The number of aromatic nitrogens is 3. The lowest BCUT2D eigenvalue weighted by atomic mass is 9.63. The number of carbonyl (C=O) groups is 1. The van der Waals surface area contributed by atoms with Gasteiger partial charge in [0.1, 0.15) is 18.8 Å². The second-order valence-electron chi connectivity index (χ2n) is 11.5. The molecule has 39 heavy (non-hydrogen) atoms. The van der Waals surface area contributed by atoms with E-state index < -0.39 is 30.4 Å². The predicted molar refractivity (Wildman–Crippen MR) is 138 cm³/mol. The SMILES string of the molecule is Cn1cnnc1C1(c2cccc(N3Cc4c(cc(C(CF)NC5(C)CCC5)cc4C(F)(F)F)C3=O)c2)CCC1. The topological polar surface area (TPSA) is 63.1 Å². The number of benzene rings is 2. The lowest BCUT2D eigenvalue weighted by Gasteiger charge is -2.42. The van der Waals surface area contributed by atoms with Gasteiger partial charge < -0.3 is 14.8 Å². The first-order valence-corrected chi connectivity index (χ1v) is 13.4. The normalized spacial score (nSPS) is 20.4. The van der Waals surface area contributed by atoms with Crippen molar-refractivity contribution in [3.63, 3.8) is 0 Å². The number of nitrogens with zero attached hydrogens (tertiary/aromatic N) is 4. The number of rotatable bonds is 7. The van der Waals surface area contributed by atoms with E-state index in [2.05, 4.69) is 15.5 Å². The first kappa shape index (κ1) is 26.0. The summed E-state index contributed by atoms with van der Waals surface area (Å²) in [6.45, 7) is 0.887. The molecule has 1 N–H and O–H groups in total. The van der Waals surface area contributed by atoms with Gasteiger partial charge in [0, 0.05) is 23.8 Å². The molecule has 6 rings (SSSR count). The Labute approximate surface area is 224 Å². The summed E-state index contributed by atoms with van der Waals surface area (Å²) >= 11 is 0. The average molecular weight is 542 g/mol. The van der Waals surface area contributed by atoms with E-state index >= 15 is 0 Å². The van der Waals surface area contributed by atoms with Crippen LogP contribution in [0.15, 0.2) is 42.7 Å². The van der Waals surface area contributed by atoms with Crippen LogP contribution < -0.4 is 10.2 Å². The molecule has 1 amide bonds. The summed E-state index contributed by atoms with van der Waals surface area (Å²) < 4.78 is 58.8. The number of fused-ring (bicyclic) bond motifs is 1. The van der Waals surface area contributed by atoms with Crippen LogP contribution in [0.1, 0.15) is 89.9 Å². The molecule has 3 aliphatic rings. The first-order chi connectivity index (χ1) is 18.5. The molecule has 1 aliphatic heterocycles. The van der Waals surface area contributed by atoms with Crippen molar-refractivity contribution in [2.45, 2.75) is 75.2 Å². The summed E-state index contributed by atoms with van der Waals surface area (Å²) in [7, 11) is 1.89. The number of nitrogens with one attached hydrogen (secondary N) is 1. The molecule has 1 unspecified atom stereocenters. The van der Waals surface area contributed by atoms with Gasteiger partial charge in [0.25, 0.3) is 5.91 Å². The van der Waals surface area contributed by atoms with Gasteiger partial charge >= 0.3 is 6.18 Å². The van der Waals surface area contributed by atoms with Crippen LogP contribution in [0.25, 0.3) is 0 Å². The van der Waals surface area contributed by atoms with Crippen molar-refractivity contribution in [2.75, 3.05) is 11.6 Å². The number of aryl methyl sites for hydroxylation is 1. The quantitative estimate of drug-likeness (QED) is 0.373.